The highest BCUT2D eigenvalue weighted by Crippen LogP contribution is 2.29. The van der Waals surface area contributed by atoms with Crippen LogP contribution >= 0.6 is 27.3 Å². The molecule has 0 saturated carbocycles. The molecule has 0 spiro atoms. The lowest BCUT2D eigenvalue weighted by Crippen LogP contribution is -2.07. The number of aryl methyl sites for hydroxylation is 1. The number of nitrogens with zero attached hydrogens (tertiary/aromatic N) is 3. The van der Waals surface area contributed by atoms with Gasteiger partial charge >= 0.3 is 5.63 Å². The first-order valence-electron chi connectivity index (χ1n) is 8.90. The highest BCUT2D eigenvalue weighted by Gasteiger charge is 2.17. The summed E-state index contributed by atoms with van der Waals surface area (Å²) in [5.74, 6) is 0. The Bertz CT molecular complexity index is 1400. The molecule has 7 heteroatoms. The molecule has 5 rings (SSSR count). The molecule has 0 amide bonds. The summed E-state index contributed by atoms with van der Waals surface area (Å²) < 4.78 is 8.24. The first kappa shape index (κ1) is 18.0. The molecular weight excluding hydrogens is 450 g/mol. The molecule has 0 fully saturated rings. The second kappa shape index (κ2) is 7.09. The number of halogens is 1. The van der Waals surface area contributed by atoms with Crippen LogP contribution in [0.1, 0.15) is 5.69 Å². The number of rotatable bonds is 3. The molecule has 0 bridgehead atoms. The molecule has 5 aromatic rings. The van der Waals surface area contributed by atoms with Crippen LogP contribution < -0.4 is 5.63 Å². The number of aromatic nitrogens is 3. The van der Waals surface area contributed by atoms with Crippen molar-refractivity contribution < 1.29 is 4.42 Å². The number of thiazole rings is 1. The van der Waals surface area contributed by atoms with E-state index >= 15 is 0 Å². The van der Waals surface area contributed by atoms with Gasteiger partial charge in [0.15, 0.2) is 0 Å². The lowest BCUT2D eigenvalue weighted by Gasteiger charge is -2.04. The van der Waals surface area contributed by atoms with Gasteiger partial charge in [-0.1, -0.05) is 46.3 Å². The summed E-state index contributed by atoms with van der Waals surface area (Å²) in [6.45, 7) is 1.89. The standard InChI is InChI=1S/C22H14BrN3O2S/c1-13-10-19(17-11-15-4-2-3-5-20(15)28-21(17)27)26(25-13)22-24-18(12-29-22)14-6-8-16(23)9-7-14/h2-12H,1H3. The Balaban J connectivity index is 1.63. The van der Waals surface area contributed by atoms with Gasteiger partial charge in [-0.05, 0) is 37.3 Å². The van der Waals surface area contributed by atoms with Gasteiger partial charge in [0.2, 0.25) is 5.13 Å². The van der Waals surface area contributed by atoms with Crippen molar-refractivity contribution in [2.45, 2.75) is 6.92 Å². The second-order valence-electron chi connectivity index (χ2n) is 6.59. The van der Waals surface area contributed by atoms with E-state index in [1.807, 2.05) is 66.9 Å². The topological polar surface area (TPSA) is 60.9 Å². The van der Waals surface area contributed by atoms with E-state index in [0.717, 1.165) is 26.8 Å². The SMILES string of the molecule is Cc1cc(-c2cc3ccccc3oc2=O)n(-c2nc(-c3ccc(Br)cc3)cs2)n1. The summed E-state index contributed by atoms with van der Waals surface area (Å²) >= 11 is 4.93. The average Bonchev–Trinajstić information content (AvgIpc) is 3.35. The van der Waals surface area contributed by atoms with Gasteiger partial charge in [-0.25, -0.2) is 14.5 Å². The lowest BCUT2D eigenvalue weighted by molar-refractivity contribution is 0.562. The van der Waals surface area contributed by atoms with Crippen LogP contribution in [0.25, 0.3) is 38.6 Å². The molecule has 0 aliphatic heterocycles. The number of fused-ring (bicyclic) bond motifs is 1. The maximum Gasteiger partial charge on any atom is 0.345 e. The maximum atomic E-state index is 12.7. The van der Waals surface area contributed by atoms with Gasteiger partial charge in [0.05, 0.1) is 22.6 Å². The molecule has 3 heterocycles. The van der Waals surface area contributed by atoms with Gasteiger partial charge in [-0.2, -0.15) is 5.10 Å². The molecule has 2 aromatic carbocycles. The molecule has 0 saturated heterocycles. The van der Waals surface area contributed by atoms with Crippen molar-refractivity contribution in [3.05, 3.63) is 86.6 Å². The van der Waals surface area contributed by atoms with Gasteiger partial charge in [0.1, 0.15) is 5.58 Å². The minimum Gasteiger partial charge on any atom is -0.422 e. The summed E-state index contributed by atoms with van der Waals surface area (Å²) in [5.41, 5.74) is 3.98. The van der Waals surface area contributed by atoms with E-state index in [2.05, 4.69) is 21.0 Å². The van der Waals surface area contributed by atoms with Crippen LogP contribution in [0.4, 0.5) is 0 Å². The summed E-state index contributed by atoms with van der Waals surface area (Å²) in [5, 5.41) is 8.12. The van der Waals surface area contributed by atoms with Gasteiger partial charge in [0.25, 0.3) is 0 Å². The van der Waals surface area contributed by atoms with Crippen molar-refractivity contribution in [1.82, 2.24) is 14.8 Å². The fourth-order valence-electron chi connectivity index (χ4n) is 3.19. The van der Waals surface area contributed by atoms with Gasteiger partial charge < -0.3 is 4.42 Å². The van der Waals surface area contributed by atoms with Crippen molar-refractivity contribution in [3.8, 4) is 27.6 Å². The van der Waals surface area contributed by atoms with E-state index in [4.69, 9.17) is 9.40 Å². The predicted molar refractivity (Wildman–Crippen MR) is 119 cm³/mol. The predicted octanol–water partition coefficient (Wildman–Crippen LogP) is 5.84. The van der Waals surface area contributed by atoms with Crippen molar-refractivity contribution >= 4 is 38.2 Å². The Kier molecular flexibility index (Phi) is 4.41. The Hall–Kier alpha value is -3.03. The van der Waals surface area contributed by atoms with E-state index in [0.29, 0.717) is 22.0 Å². The minimum atomic E-state index is -0.394. The molecule has 0 unspecified atom stereocenters. The lowest BCUT2D eigenvalue weighted by atomic mass is 10.1. The first-order chi connectivity index (χ1) is 14.1. The summed E-state index contributed by atoms with van der Waals surface area (Å²) in [6, 6.07) is 19.2. The van der Waals surface area contributed by atoms with E-state index in [1.54, 1.807) is 10.7 Å². The summed E-state index contributed by atoms with van der Waals surface area (Å²) in [7, 11) is 0. The highest BCUT2D eigenvalue weighted by atomic mass is 79.9. The fraction of sp³-hybridized carbons (Fsp3) is 0.0455. The molecule has 0 N–H and O–H groups in total. The summed E-state index contributed by atoms with van der Waals surface area (Å²) in [6.07, 6.45) is 0. The molecule has 0 atom stereocenters. The fourth-order valence-corrected chi connectivity index (χ4v) is 4.25. The number of benzene rings is 2. The van der Waals surface area contributed by atoms with E-state index < -0.39 is 5.63 Å². The Morgan fingerprint density at radius 3 is 2.69 bits per heavy atom. The maximum absolute atomic E-state index is 12.7. The Labute approximate surface area is 178 Å². The molecule has 5 nitrogen and oxygen atoms in total. The zero-order chi connectivity index (χ0) is 20.0. The quantitative estimate of drug-likeness (QED) is 0.315. The van der Waals surface area contributed by atoms with Crippen molar-refractivity contribution in [2.75, 3.05) is 0 Å². The van der Waals surface area contributed by atoms with Gasteiger partial charge in [-0.15, -0.1) is 11.3 Å². The van der Waals surface area contributed by atoms with Crippen LogP contribution in [0.2, 0.25) is 0 Å². The van der Waals surface area contributed by atoms with Crippen molar-refractivity contribution in [1.29, 1.82) is 0 Å². The average molecular weight is 464 g/mol. The number of hydrogen-bond donors (Lipinski definition) is 0. The van der Waals surface area contributed by atoms with Crippen LogP contribution in [0.3, 0.4) is 0 Å². The smallest absolute Gasteiger partial charge is 0.345 e. The Morgan fingerprint density at radius 1 is 1.07 bits per heavy atom. The first-order valence-corrected chi connectivity index (χ1v) is 10.6. The highest BCUT2D eigenvalue weighted by molar-refractivity contribution is 9.10. The second-order valence-corrected chi connectivity index (χ2v) is 8.34. The zero-order valence-corrected chi connectivity index (χ0v) is 17.7. The summed E-state index contributed by atoms with van der Waals surface area (Å²) in [4.78, 5) is 17.4. The van der Waals surface area contributed by atoms with Crippen molar-refractivity contribution in [3.63, 3.8) is 0 Å². The van der Waals surface area contributed by atoms with Crippen LogP contribution in [-0.2, 0) is 0 Å². The van der Waals surface area contributed by atoms with Crippen LogP contribution in [0.5, 0.6) is 0 Å². The third kappa shape index (κ3) is 3.32. The van der Waals surface area contributed by atoms with E-state index in [1.165, 1.54) is 11.3 Å². The third-order valence-corrected chi connectivity index (χ3v) is 5.91. The normalized spacial score (nSPS) is 11.2. The molecular formula is C22H14BrN3O2S. The molecule has 142 valence electrons. The zero-order valence-electron chi connectivity index (χ0n) is 15.3. The minimum absolute atomic E-state index is 0.394. The third-order valence-electron chi connectivity index (χ3n) is 4.56. The van der Waals surface area contributed by atoms with Crippen LogP contribution in [0.15, 0.2) is 79.7 Å². The van der Waals surface area contributed by atoms with E-state index in [9.17, 15) is 4.79 Å². The van der Waals surface area contributed by atoms with E-state index in [-0.39, 0.29) is 0 Å². The van der Waals surface area contributed by atoms with Gasteiger partial charge in [0, 0.05) is 20.8 Å². The molecule has 0 radical (unpaired) electrons. The van der Waals surface area contributed by atoms with Crippen LogP contribution in [0, 0.1) is 6.92 Å². The molecule has 0 aliphatic carbocycles. The van der Waals surface area contributed by atoms with Crippen molar-refractivity contribution in [2.24, 2.45) is 0 Å². The number of hydrogen-bond acceptors (Lipinski definition) is 5. The van der Waals surface area contributed by atoms with Gasteiger partial charge in [-0.3, -0.25) is 0 Å². The molecule has 29 heavy (non-hydrogen) atoms. The monoisotopic (exact) mass is 463 g/mol. The molecule has 3 aromatic heterocycles. The number of para-hydroxylation sites is 1. The Morgan fingerprint density at radius 2 is 1.86 bits per heavy atom. The molecule has 0 aliphatic rings. The largest absolute Gasteiger partial charge is 0.422 e. The van der Waals surface area contributed by atoms with Crippen LogP contribution in [-0.4, -0.2) is 14.8 Å².